The highest BCUT2D eigenvalue weighted by Gasteiger charge is 2.18. The monoisotopic (exact) mass is 346 g/mol. The van der Waals surface area contributed by atoms with E-state index in [1.807, 2.05) is 42.5 Å². The van der Waals surface area contributed by atoms with Gasteiger partial charge in [0, 0.05) is 6.20 Å². The lowest BCUT2D eigenvalue weighted by molar-refractivity contribution is 0.468. The number of phenols is 1. The summed E-state index contributed by atoms with van der Waals surface area (Å²) < 4.78 is 0. The molecule has 0 spiro atoms. The summed E-state index contributed by atoms with van der Waals surface area (Å²) in [5.74, 6) is 0.348. The van der Waals surface area contributed by atoms with Crippen LogP contribution in [0.1, 0.15) is 48.2 Å². The highest BCUT2D eigenvalue weighted by Crippen LogP contribution is 2.34. The van der Waals surface area contributed by atoms with Crippen LogP contribution in [-0.4, -0.2) is 10.1 Å². The van der Waals surface area contributed by atoms with E-state index in [9.17, 15) is 5.11 Å². The standard InChI is InChI=1S/C23H26N2O/c1-3-4-10-19-15-17(2)16-21(23(19)26)25-22(18-11-6-5-7-12-18)20-13-8-9-14-24-20/h5-9,11-16,22,25-26H,3-4,10H2,1-2H3. The van der Waals surface area contributed by atoms with Crippen LogP contribution in [0.15, 0.2) is 66.9 Å². The molecule has 3 aromatic rings. The smallest absolute Gasteiger partial charge is 0.141 e. The summed E-state index contributed by atoms with van der Waals surface area (Å²) in [7, 11) is 0. The molecule has 1 heterocycles. The minimum atomic E-state index is -0.121. The Morgan fingerprint density at radius 3 is 2.50 bits per heavy atom. The molecule has 134 valence electrons. The van der Waals surface area contributed by atoms with E-state index in [1.165, 1.54) is 0 Å². The van der Waals surface area contributed by atoms with Gasteiger partial charge in [0.25, 0.3) is 0 Å². The number of aromatic hydroxyl groups is 1. The van der Waals surface area contributed by atoms with Crippen LogP contribution in [0.4, 0.5) is 5.69 Å². The maximum absolute atomic E-state index is 10.8. The van der Waals surface area contributed by atoms with E-state index < -0.39 is 0 Å². The zero-order valence-electron chi connectivity index (χ0n) is 15.4. The second kappa shape index (κ2) is 8.52. The zero-order valence-corrected chi connectivity index (χ0v) is 15.4. The molecule has 2 aromatic carbocycles. The fraction of sp³-hybridized carbons (Fsp3) is 0.261. The van der Waals surface area contributed by atoms with Crippen molar-refractivity contribution in [3.8, 4) is 5.75 Å². The van der Waals surface area contributed by atoms with Crippen LogP contribution in [0.3, 0.4) is 0 Å². The van der Waals surface area contributed by atoms with Crippen LogP contribution in [-0.2, 0) is 6.42 Å². The fourth-order valence-corrected chi connectivity index (χ4v) is 3.20. The maximum Gasteiger partial charge on any atom is 0.141 e. The van der Waals surface area contributed by atoms with Gasteiger partial charge in [-0.3, -0.25) is 4.98 Å². The van der Waals surface area contributed by atoms with Crippen LogP contribution in [0.5, 0.6) is 5.75 Å². The Hall–Kier alpha value is -2.81. The largest absolute Gasteiger partial charge is 0.505 e. The van der Waals surface area contributed by atoms with Gasteiger partial charge in [-0.25, -0.2) is 0 Å². The van der Waals surface area contributed by atoms with Crippen LogP contribution in [0, 0.1) is 6.92 Å². The van der Waals surface area contributed by atoms with E-state index in [4.69, 9.17) is 0 Å². The Labute approximate surface area is 155 Å². The van der Waals surface area contributed by atoms with Gasteiger partial charge < -0.3 is 10.4 Å². The van der Waals surface area contributed by atoms with Gasteiger partial charge >= 0.3 is 0 Å². The first-order chi connectivity index (χ1) is 12.7. The number of anilines is 1. The molecule has 0 bridgehead atoms. The number of phenolic OH excluding ortho intramolecular Hbond substituents is 1. The summed E-state index contributed by atoms with van der Waals surface area (Å²) in [5.41, 5.74) is 4.94. The summed E-state index contributed by atoms with van der Waals surface area (Å²) in [6.07, 6.45) is 4.86. The highest BCUT2D eigenvalue weighted by molar-refractivity contribution is 5.63. The van der Waals surface area contributed by atoms with Crippen molar-refractivity contribution in [3.63, 3.8) is 0 Å². The predicted molar refractivity (Wildman–Crippen MR) is 108 cm³/mol. The van der Waals surface area contributed by atoms with Crippen molar-refractivity contribution in [2.24, 2.45) is 0 Å². The van der Waals surface area contributed by atoms with Crippen molar-refractivity contribution in [1.82, 2.24) is 4.98 Å². The Kier molecular flexibility index (Phi) is 5.90. The molecule has 0 radical (unpaired) electrons. The van der Waals surface area contributed by atoms with Gasteiger partial charge in [-0.2, -0.15) is 0 Å². The normalized spacial score (nSPS) is 11.9. The lowest BCUT2D eigenvalue weighted by Crippen LogP contribution is -2.14. The molecule has 0 aliphatic heterocycles. The van der Waals surface area contributed by atoms with Crippen molar-refractivity contribution in [3.05, 3.63) is 89.2 Å². The summed E-state index contributed by atoms with van der Waals surface area (Å²) in [6.45, 7) is 4.23. The molecular formula is C23H26N2O. The number of unbranched alkanes of at least 4 members (excludes halogenated alkanes) is 1. The number of pyridine rings is 1. The van der Waals surface area contributed by atoms with Gasteiger partial charge in [-0.1, -0.05) is 55.8 Å². The van der Waals surface area contributed by atoms with Crippen molar-refractivity contribution >= 4 is 5.69 Å². The molecule has 1 atom stereocenters. The molecular weight excluding hydrogens is 320 g/mol. The Balaban J connectivity index is 1.99. The second-order valence-electron chi connectivity index (χ2n) is 6.67. The summed E-state index contributed by atoms with van der Waals surface area (Å²) in [4.78, 5) is 4.53. The minimum Gasteiger partial charge on any atom is -0.505 e. The topological polar surface area (TPSA) is 45.2 Å². The molecule has 2 N–H and O–H groups in total. The van der Waals surface area contributed by atoms with Crippen molar-refractivity contribution in [1.29, 1.82) is 0 Å². The number of rotatable bonds is 7. The second-order valence-corrected chi connectivity index (χ2v) is 6.67. The number of hydrogen-bond acceptors (Lipinski definition) is 3. The van der Waals surface area contributed by atoms with Crippen LogP contribution in [0.25, 0.3) is 0 Å². The highest BCUT2D eigenvalue weighted by atomic mass is 16.3. The Morgan fingerprint density at radius 1 is 1.04 bits per heavy atom. The van der Waals surface area contributed by atoms with Gasteiger partial charge in [0.1, 0.15) is 5.75 Å². The number of hydrogen-bond donors (Lipinski definition) is 2. The van der Waals surface area contributed by atoms with Gasteiger partial charge in [0.15, 0.2) is 0 Å². The van der Waals surface area contributed by atoms with Crippen LogP contribution in [0.2, 0.25) is 0 Å². The molecule has 0 fully saturated rings. The molecule has 0 saturated heterocycles. The Morgan fingerprint density at radius 2 is 1.81 bits per heavy atom. The average molecular weight is 346 g/mol. The molecule has 0 aliphatic rings. The lowest BCUT2D eigenvalue weighted by atomic mass is 10.00. The zero-order chi connectivity index (χ0) is 18.4. The van der Waals surface area contributed by atoms with Gasteiger partial charge in [-0.05, 0) is 54.7 Å². The van der Waals surface area contributed by atoms with E-state index in [-0.39, 0.29) is 6.04 Å². The number of benzene rings is 2. The summed E-state index contributed by atoms with van der Waals surface area (Å²) >= 11 is 0. The van der Waals surface area contributed by atoms with Crippen LogP contribution >= 0.6 is 0 Å². The van der Waals surface area contributed by atoms with E-state index in [0.29, 0.717) is 5.75 Å². The molecule has 0 amide bonds. The van der Waals surface area contributed by atoms with Crippen LogP contribution < -0.4 is 5.32 Å². The first-order valence-electron chi connectivity index (χ1n) is 9.24. The summed E-state index contributed by atoms with van der Waals surface area (Å²) in [6, 6.07) is 20.1. The van der Waals surface area contributed by atoms with Crippen molar-refractivity contribution in [2.75, 3.05) is 5.32 Å². The van der Waals surface area contributed by atoms with Crippen molar-refractivity contribution < 1.29 is 5.11 Å². The van der Waals surface area contributed by atoms with E-state index in [1.54, 1.807) is 6.20 Å². The summed E-state index contributed by atoms with van der Waals surface area (Å²) in [5, 5.41) is 14.3. The number of nitrogens with one attached hydrogen (secondary N) is 1. The molecule has 3 heteroatoms. The number of aromatic nitrogens is 1. The molecule has 0 aliphatic carbocycles. The third-order valence-electron chi connectivity index (χ3n) is 4.55. The molecule has 26 heavy (non-hydrogen) atoms. The molecule has 0 saturated carbocycles. The van der Waals surface area contributed by atoms with Crippen molar-refractivity contribution in [2.45, 2.75) is 39.2 Å². The van der Waals surface area contributed by atoms with Gasteiger partial charge in [-0.15, -0.1) is 0 Å². The number of aryl methyl sites for hydroxylation is 2. The molecule has 1 unspecified atom stereocenters. The fourth-order valence-electron chi connectivity index (χ4n) is 3.20. The predicted octanol–water partition coefficient (Wildman–Crippen LogP) is 5.64. The van der Waals surface area contributed by atoms with E-state index in [0.717, 1.165) is 47.3 Å². The van der Waals surface area contributed by atoms with E-state index in [2.05, 4.69) is 42.3 Å². The molecule has 3 rings (SSSR count). The third kappa shape index (κ3) is 4.23. The third-order valence-corrected chi connectivity index (χ3v) is 4.55. The minimum absolute atomic E-state index is 0.121. The average Bonchev–Trinajstić information content (AvgIpc) is 2.68. The maximum atomic E-state index is 10.8. The molecule has 3 nitrogen and oxygen atoms in total. The SMILES string of the molecule is CCCCc1cc(C)cc(NC(c2ccccc2)c2ccccn2)c1O. The Bertz CT molecular complexity index is 792. The molecule has 1 aromatic heterocycles. The first-order valence-corrected chi connectivity index (χ1v) is 9.24. The first kappa shape index (κ1) is 18.0. The quantitative estimate of drug-likeness (QED) is 0.544. The van der Waals surface area contributed by atoms with Gasteiger partial charge in [0.2, 0.25) is 0 Å². The van der Waals surface area contributed by atoms with E-state index >= 15 is 0 Å². The lowest BCUT2D eigenvalue weighted by Gasteiger charge is -2.22. The van der Waals surface area contributed by atoms with Gasteiger partial charge in [0.05, 0.1) is 17.4 Å². The number of nitrogens with zero attached hydrogens (tertiary/aromatic N) is 1.